The number of piperazine rings is 1. The van der Waals surface area contributed by atoms with E-state index >= 15 is 0 Å². The predicted octanol–water partition coefficient (Wildman–Crippen LogP) is 2.61. The number of benzene rings is 1. The Labute approximate surface area is 115 Å². The molecule has 1 atom stereocenters. The Morgan fingerprint density at radius 2 is 2.00 bits per heavy atom. The second-order valence-electron chi connectivity index (χ2n) is 4.28. The van der Waals surface area contributed by atoms with Crippen molar-refractivity contribution in [1.29, 1.82) is 0 Å². The molecule has 1 aromatic rings. The molecule has 1 fully saturated rings. The molecule has 0 radical (unpaired) electrons. The SMILES string of the molecule is Oc1c(Cl)cc(Cl)cc1[C@H](CF)N1CCNCC1. The quantitative estimate of drug-likeness (QED) is 0.899. The Bertz CT molecular complexity index is 425. The highest BCUT2D eigenvalue weighted by Crippen LogP contribution is 2.37. The van der Waals surface area contributed by atoms with Gasteiger partial charge in [-0.15, -0.1) is 0 Å². The maximum atomic E-state index is 13.3. The third-order valence-corrected chi connectivity index (χ3v) is 3.66. The minimum absolute atomic E-state index is 0.0813. The van der Waals surface area contributed by atoms with Gasteiger partial charge in [-0.25, -0.2) is 4.39 Å². The molecule has 100 valence electrons. The number of aromatic hydroxyl groups is 1. The molecule has 2 N–H and O–H groups in total. The Morgan fingerprint density at radius 3 is 2.61 bits per heavy atom. The van der Waals surface area contributed by atoms with E-state index in [0.29, 0.717) is 10.6 Å². The first kappa shape index (κ1) is 13.9. The fourth-order valence-electron chi connectivity index (χ4n) is 2.21. The molecule has 0 saturated carbocycles. The minimum atomic E-state index is -0.579. The van der Waals surface area contributed by atoms with Gasteiger partial charge in [0.2, 0.25) is 0 Å². The van der Waals surface area contributed by atoms with Crippen molar-refractivity contribution >= 4 is 23.2 Å². The minimum Gasteiger partial charge on any atom is -0.506 e. The van der Waals surface area contributed by atoms with Crippen LogP contribution in [0.15, 0.2) is 12.1 Å². The van der Waals surface area contributed by atoms with Crippen LogP contribution in [0.1, 0.15) is 11.6 Å². The molecule has 2 rings (SSSR count). The van der Waals surface area contributed by atoms with E-state index in [2.05, 4.69) is 5.32 Å². The van der Waals surface area contributed by atoms with Crippen molar-refractivity contribution in [2.24, 2.45) is 0 Å². The van der Waals surface area contributed by atoms with Crippen LogP contribution in [0.2, 0.25) is 10.0 Å². The Hall–Kier alpha value is -0.550. The van der Waals surface area contributed by atoms with Gasteiger partial charge in [0, 0.05) is 36.8 Å². The topological polar surface area (TPSA) is 35.5 Å². The van der Waals surface area contributed by atoms with Crippen LogP contribution in [0.4, 0.5) is 4.39 Å². The summed E-state index contributed by atoms with van der Waals surface area (Å²) in [5.74, 6) is -0.0813. The molecule has 0 spiro atoms. The van der Waals surface area contributed by atoms with Gasteiger partial charge in [-0.1, -0.05) is 23.2 Å². The fourth-order valence-corrected chi connectivity index (χ4v) is 2.72. The molecule has 0 bridgehead atoms. The van der Waals surface area contributed by atoms with Crippen molar-refractivity contribution in [3.05, 3.63) is 27.7 Å². The third kappa shape index (κ3) is 2.88. The van der Waals surface area contributed by atoms with Crippen molar-refractivity contribution in [2.45, 2.75) is 6.04 Å². The van der Waals surface area contributed by atoms with Gasteiger partial charge in [-0.3, -0.25) is 4.90 Å². The van der Waals surface area contributed by atoms with Gasteiger partial charge in [0.25, 0.3) is 0 Å². The molecule has 18 heavy (non-hydrogen) atoms. The molecule has 1 aliphatic rings. The number of phenolic OH excluding ortho intramolecular Hbond substituents is 1. The van der Waals surface area contributed by atoms with Gasteiger partial charge in [-0.05, 0) is 12.1 Å². The fraction of sp³-hybridized carbons (Fsp3) is 0.500. The maximum Gasteiger partial charge on any atom is 0.139 e. The van der Waals surface area contributed by atoms with Crippen LogP contribution < -0.4 is 5.32 Å². The largest absolute Gasteiger partial charge is 0.506 e. The second-order valence-corrected chi connectivity index (χ2v) is 5.13. The summed E-state index contributed by atoms with van der Waals surface area (Å²) in [6, 6.07) is 2.53. The lowest BCUT2D eigenvalue weighted by Gasteiger charge is -2.34. The zero-order valence-corrected chi connectivity index (χ0v) is 11.3. The monoisotopic (exact) mass is 292 g/mol. The zero-order chi connectivity index (χ0) is 13.1. The van der Waals surface area contributed by atoms with E-state index in [0.717, 1.165) is 26.2 Å². The summed E-state index contributed by atoms with van der Waals surface area (Å²) in [4.78, 5) is 1.98. The number of halogens is 3. The molecule has 1 aliphatic heterocycles. The van der Waals surface area contributed by atoms with Crippen molar-refractivity contribution in [1.82, 2.24) is 10.2 Å². The average Bonchev–Trinajstić information content (AvgIpc) is 2.37. The molecule has 0 aliphatic carbocycles. The van der Waals surface area contributed by atoms with Crippen LogP contribution in [0.25, 0.3) is 0 Å². The van der Waals surface area contributed by atoms with Crippen LogP contribution in [0.3, 0.4) is 0 Å². The Kier molecular flexibility index (Phi) is 4.67. The number of nitrogens with zero attached hydrogens (tertiary/aromatic N) is 1. The molecule has 1 saturated heterocycles. The van der Waals surface area contributed by atoms with E-state index in [1.165, 1.54) is 6.07 Å². The molecule has 1 aromatic carbocycles. The standard InChI is InChI=1S/C12H15Cl2FN2O/c13-8-5-9(12(18)10(14)6-8)11(7-15)17-3-1-16-2-4-17/h5-6,11,16,18H,1-4,7H2/t11-/m0/s1. The first-order chi connectivity index (χ1) is 8.63. The molecule has 0 unspecified atom stereocenters. The molecular weight excluding hydrogens is 278 g/mol. The smallest absolute Gasteiger partial charge is 0.139 e. The van der Waals surface area contributed by atoms with Gasteiger partial charge in [0.1, 0.15) is 12.4 Å². The lowest BCUT2D eigenvalue weighted by Crippen LogP contribution is -2.45. The van der Waals surface area contributed by atoms with Crippen molar-refractivity contribution < 1.29 is 9.50 Å². The number of nitrogens with one attached hydrogen (secondary N) is 1. The van der Waals surface area contributed by atoms with Crippen LogP contribution in [-0.2, 0) is 0 Å². The lowest BCUT2D eigenvalue weighted by molar-refractivity contribution is 0.145. The Morgan fingerprint density at radius 1 is 1.33 bits per heavy atom. The molecule has 0 aromatic heterocycles. The summed E-state index contributed by atoms with van der Waals surface area (Å²) >= 11 is 11.8. The number of phenols is 1. The zero-order valence-electron chi connectivity index (χ0n) is 9.80. The second kappa shape index (κ2) is 6.06. The predicted molar refractivity (Wildman–Crippen MR) is 71.3 cm³/mol. The summed E-state index contributed by atoms with van der Waals surface area (Å²) in [5, 5.41) is 13.7. The molecule has 1 heterocycles. The van der Waals surface area contributed by atoms with E-state index in [1.54, 1.807) is 6.07 Å². The van der Waals surface area contributed by atoms with Gasteiger partial charge in [-0.2, -0.15) is 0 Å². The summed E-state index contributed by atoms with van der Waals surface area (Å²) in [5.41, 5.74) is 0.455. The van der Waals surface area contributed by atoms with E-state index in [9.17, 15) is 9.50 Å². The van der Waals surface area contributed by atoms with Crippen LogP contribution in [0, 0.1) is 0 Å². The lowest BCUT2D eigenvalue weighted by atomic mass is 10.0. The summed E-state index contributed by atoms with van der Waals surface area (Å²) < 4.78 is 13.3. The molecule has 0 amide bonds. The number of hydrogen-bond donors (Lipinski definition) is 2. The van der Waals surface area contributed by atoms with Crippen molar-refractivity contribution in [3.63, 3.8) is 0 Å². The number of hydrogen-bond acceptors (Lipinski definition) is 3. The van der Waals surface area contributed by atoms with Gasteiger partial charge < -0.3 is 10.4 Å². The summed E-state index contributed by atoms with van der Waals surface area (Å²) in [6.45, 7) is 2.51. The van der Waals surface area contributed by atoms with Gasteiger partial charge in [0.05, 0.1) is 11.1 Å². The highest BCUT2D eigenvalue weighted by molar-refractivity contribution is 6.35. The van der Waals surface area contributed by atoms with Crippen LogP contribution >= 0.6 is 23.2 Å². The highest BCUT2D eigenvalue weighted by Gasteiger charge is 2.25. The summed E-state index contributed by atoms with van der Waals surface area (Å²) in [6.07, 6.45) is 0. The van der Waals surface area contributed by atoms with E-state index < -0.39 is 12.7 Å². The molecular formula is C12H15Cl2FN2O. The first-order valence-corrected chi connectivity index (χ1v) is 6.57. The summed E-state index contributed by atoms with van der Waals surface area (Å²) in [7, 11) is 0. The normalized spacial score (nSPS) is 18.8. The highest BCUT2D eigenvalue weighted by atomic mass is 35.5. The molecule has 3 nitrogen and oxygen atoms in total. The third-order valence-electron chi connectivity index (χ3n) is 3.16. The van der Waals surface area contributed by atoms with E-state index in [-0.39, 0.29) is 10.8 Å². The van der Waals surface area contributed by atoms with Crippen LogP contribution in [0.5, 0.6) is 5.75 Å². The number of rotatable bonds is 3. The van der Waals surface area contributed by atoms with Crippen LogP contribution in [-0.4, -0.2) is 42.9 Å². The van der Waals surface area contributed by atoms with Gasteiger partial charge in [0.15, 0.2) is 0 Å². The maximum absolute atomic E-state index is 13.3. The van der Waals surface area contributed by atoms with E-state index in [4.69, 9.17) is 23.2 Å². The average molecular weight is 293 g/mol. The van der Waals surface area contributed by atoms with Crippen molar-refractivity contribution in [2.75, 3.05) is 32.9 Å². The van der Waals surface area contributed by atoms with E-state index in [1.807, 2.05) is 4.90 Å². The number of alkyl halides is 1. The first-order valence-electron chi connectivity index (χ1n) is 5.82. The molecule has 6 heteroatoms. The van der Waals surface area contributed by atoms with Crippen molar-refractivity contribution in [3.8, 4) is 5.75 Å². The van der Waals surface area contributed by atoms with Gasteiger partial charge >= 0.3 is 0 Å². The Balaban J connectivity index is 2.31.